The van der Waals surface area contributed by atoms with E-state index in [1.165, 1.54) is 12.1 Å². The molecule has 0 aliphatic carbocycles. The van der Waals surface area contributed by atoms with Gasteiger partial charge in [-0.05, 0) is 6.07 Å². The summed E-state index contributed by atoms with van der Waals surface area (Å²) in [6, 6.07) is 4.30. The molecule has 18 heavy (non-hydrogen) atoms. The van der Waals surface area contributed by atoms with Gasteiger partial charge in [0.25, 0.3) is 5.69 Å². The molecule has 1 aromatic carbocycles. The van der Waals surface area contributed by atoms with Gasteiger partial charge >= 0.3 is 0 Å². The third-order valence-corrected chi connectivity index (χ3v) is 2.88. The maximum atomic E-state index is 10.6. The molecule has 0 aliphatic rings. The van der Waals surface area contributed by atoms with Crippen molar-refractivity contribution in [3.63, 3.8) is 0 Å². The number of halogens is 2. The Morgan fingerprint density at radius 3 is 2.50 bits per heavy atom. The highest BCUT2D eigenvalue weighted by Crippen LogP contribution is 2.34. The van der Waals surface area contributed by atoms with Crippen LogP contribution in [-0.4, -0.2) is 4.92 Å². The molecule has 0 amide bonds. The van der Waals surface area contributed by atoms with E-state index < -0.39 is 4.92 Å². The topological polar surface area (TPSA) is 68.3 Å². The molecular weight excluding hydrogens is 279 g/mol. The van der Waals surface area contributed by atoms with Crippen molar-refractivity contribution in [3.8, 4) is 0 Å². The third-order valence-electron chi connectivity index (χ3n) is 2.29. The maximum Gasteiger partial charge on any atom is 0.272 e. The first-order chi connectivity index (χ1) is 8.58. The Morgan fingerprint density at radius 1 is 1.33 bits per heavy atom. The fourth-order valence-corrected chi connectivity index (χ4v) is 2.03. The van der Waals surface area contributed by atoms with Crippen LogP contribution in [0.3, 0.4) is 0 Å². The summed E-state index contributed by atoms with van der Waals surface area (Å²) in [7, 11) is 0. The van der Waals surface area contributed by atoms with Gasteiger partial charge in [-0.3, -0.25) is 10.1 Å². The molecule has 94 valence electrons. The van der Waals surface area contributed by atoms with Crippen molar-refractivity contribution in [1.29, 1.82) is 0 Å². The van der Waals surface area contributed by atoms with E-state index in [1.54, 1.807) is 18.6 Å². The summed E-state index contributed by atoms with van der Waals surface area (Å²) >= 11 is 11.9. The molecule has 2 aromatic rings. The molecule has 5 nitrogen and oxygen atoms in total. The van der Waals surface area contributed by atoms with Gasteiger partial charge in [-0.1, -0.05) is 23.2 Å². The molecule has 1 aromatic heterocycles. The van der Waals surface area contributed by atoms with Gasteiger partial charge in [-0.15, -0.1) is 0 Å². The molecule has 0 fully saturated rings. The van der Waals surface area contributed by atoms with Crippen LogP contribution in [0.15, 0.2) is 35.1 Å². The van der Waals surface area contributed by atoms with E-state index in [0.29, 0.717) is 12.2 Å². The summed E-state index contributed by atoms with van der Waals surface area (Å²) in [6.45, 7) is 0.466. The van der Waals surface area contributed by atoms with Gasteiger partial charge in [-0.2, -0.15) is 0 Å². The second-order valence-electron chi connectivity index (χ2n) is 3.53. The minimum Gasteiger partial charge on any atom is -0.472 e. The van der Waals surface area contributed by atoms with E-state index in [-0.39, 0.29) is 15.7 Å². The molecule has 0 saturated carbocycles. The lowest BCUT2D eigenvalue weighted by molar-refractivity contribution is -0.384. The fourth-order valence-electron chi connectivity index (χ4n) is 1.42. The predicted octanol–water partition coefficient (Wildman–Crippen LogP) is 4.11. The highest BCUT2D eigenvalue weighted by molar-refractivity contribution is 6.39. The average Bonchev–Trinajstić information content (AvgIpc) is 2.80. The number of hydrogen-bond acceptors (Lipinski definition) is 4. The molecule has 0 aliphatic heterocycles. The van der Waals surface area contributed by atoms with E-state index in [1.807, 2.05) is 0 Å². The normalized spacial score (nSPS) is 10.3. The minimum absolute atomic E-state index is 0.140. The Balaban J connectivity index is 2.20. The number of rotatable bonds is 4. The number of anilines is 1. The molecule has 2 rings (SSSR count). The van der Waals surface area contributed by atoms with E-state index in [0.717, 1.165) is 5.56 Å². The molecule has 0 bridgehead atoms. The van der Waals surface area contributed by atoms with Crippen LogP contribution < -0.4 is 5.32 Å². The van der Waals surface area contributed by atoms with Crippen LogP contribution in [0, 0.1) is 10.1 Å². The summed E-state index contributed by atoms with van der Waals surface area (Å²) in [5, 5.41) is 14.0. The lowest BCUT2D eigenvalue weighted by Gasteiger charge is -2.09. The summed E-state index contributed by atoms with van der Waals surface area (Å²) in [4.78, 5) is 10.1. The first kappa shape index (κ1) is 12.7. The lowest BCUT2D eigenvalue weighted by atomic mass is 10.2. The Morgan fingerprint density at radius 2 is 2.00 bits per heavy atom. The number of hydrogen-bond donors (Lipinski definition) is 1. The largest absolute Gasteiger partial charge is 0.472 e. The van der Waals surface area contributed by atoms with Crippen LogP contribution in [0.2, 0.25) is 10.0 Å². The molecule has 1 N–H and O–H groups in total. The number of furan rings is 1. The standard InChI is InChI=1S/C11H8Cl2N2O3/c12-9-3-8(15(16)17)4-10(13)11(9)14-5-7-1-2-18-6-7/h1-4,6,14H,5H2. The number of nitro benzene ring substituents is 1. The highest BCUT2D eigenvalue weighted by atomic mass is 35.5. The van der Waals surface area contributed by atoms with Crippen molar-refractivity contribution >= 4 is 34.6 Å². The number of nitrogens with zero attached hydrogens (tertiary/aromatic N) is 1. The Hall–Kier alpha value is -1.72. The number of benzene rings is 1. The van der Waals surface area contributed by atoms with Gasteiger partial charge in [0.2, 0.25) is 0 Å². The zero-order valence-electron chi connectivity index (χ0n) is 9.02. The third kappa shape index (κ3) is 2.75. The molecule has 7 heteroatoms. The molecule has 0 saturated heterocycles. The fraction of sp³-hybridized carbons (Fsp3) is 0.0909. The van der Waals surface area contributed by atoms with Crippen molar-refractivity contribution in [2.24, 2.45) is 0 Å². The zero-order chi connectivity index (χ0) is 13.1. The molecule has 0 radical (unpaired) electrons. The van der Waals surface area contributed by atoms with Crippen LogP contribution in [0.5, 0.6) is 0 Å². The van der Waals surface area contributed by atoms with Crippen LogP contribution in [0.4, 0.5) is 11.4 Å². The summed E-state index contributed by atoms with van der Waals surface area (Å²) in [5.74, 6) is 0. The average molecular weight is 287 g/mol. The summed E-state index contributed by atoms with van der Waals surface area (Å²) in [6.07, 6.45) is 3.14. The highest BCUT2D eigenvalue weighted by Gasteiger charge is 2.14. The van der Waals surface area contributed by atoms with E-state index in [9.17, 15) is 10.1 Å². The van der Waals surface area contributed by atoms with Gasteiger partial charge in [0, 0.05) is 24.2 Å². The quantitative estimate of drug-likeness (QED) is 0.678. The second kappa shape index (κ2) is 5.29. The van der Waals surface area contributed by atoms with Crippen molar-refractivity contribution in [3.05, 3.63) is 56.4 Å². The lowest BCUT2D eigenvalue weighted by Crippen LogP contribution is -2.00. The van der Waals surface area contributed by atoms with E-state index in [4.69, 9.17) is 27.6 Å². The van der Waals surface area contributed by atoms with Crippen molar-refractivity contribution < 1.29 is 9.34 Å². The predicted molar refractivity (Wildman–Crippen MR) is 69.2 cm³/mol. The molecule has 0 unspecified atom stereocenters. The summed E-state index contributed by atoms with van der Waals surface area (Å²) in [5.41, 5.74) is 1.24. The Labute approximate surface area is 112 Å². The number of non-ortho nitro benzene ring substituents is 1. The summed E-state index contributed by atoms with van der Waals surface area (Å²) < 4.78 is 4.92. The monoisotopic (exact) mass is 286 g/mol. The SMILES string of the molecule is O=[N+]([O-])c1cc(Cl)c(NCc2ccoc2)c(Cl)c1. The van der Waals surface area contributed by atoms with Gasteiger partial charge in [-0.25, -0.2) is 0 Å². The minimum atomic E-state index is -0.544. The van der Waals surface area contributed by atoms with Gasteiger partial charge in [0.1, 0.15) is 0 Å². The zero-order valence-corrected chi connectivity index (χ0v) is 10.5. The van der Waals surface area contributed by atoms with Gasteiger partial charge in [0.05, 0.1) is 33.2 Å². The first-order valence-electron chi connectivity index (χ1n) is 4.96. The smallest absolute Gasteiger partial charge is 0.272 e. The van der Waals surface area contributed by atoms with E-state index >= 15 is 0 Å². The van der Waals surface area contributed by atoms with Gasteiger partial charge < -0.3 is 9.73 Å². The van der Waals surface area contributed by atoms with Crippen molar-refractivity contribution in [1.82, 2.24) is 0 Å². The maximum absolute atomic E-state index is 10.6. The second-order valence-corrected chi connectivity index (χ2v) is 4.34. The first-order valence-corrected chi connectivity index (χ1v) is 5.72. The van der Waals surface area contributed by atoms with Crippen LogP contribution in [0.1, 0.15) is 5.56 Å². The Kier molecular flexibility index (Phi) is 3.74. The van der Waals surface area contributed by atoms with Gasteiger partial charge in [0.15, 0.2) is 0 Å². The van der Waals surface area contributed by atoms with Crippen LogP contribution in [-0.2, 0) is 6.54 Å². The molecular formula is C11H8Cl2N2O3. The van der Waals surface area contributed by atoms with E-state index in [2.05, 4.69) is 5.32 Å². The van der Waals surface area contributed by atoms with Crippen molar-refractivity contribution in [2.45, 2.75) is 6.54 Å². The molecule has 1 heterocycles. The molecule has 0 spiro atoms. The van der Waals surface area contributed by atoms with Crippen LogP contribution in [0.25, 0.3) is 0 Å². The Bertz CT molecular complexity index is 547. The molecule has 0 atom stereocenters. The van der Waals surface area contributed by atoms with Crippen LogP contribution >= 0.6 is 23.2 Å². The number of nitro groups is 1. The van der Waals surface area contributed by atoms with Crippen molar-refractivity contribution in [2.75, 3.05) is 5.32 Å². The number of nitrogens with one attached hydrogen (secondary N) is 1.